The second kappa shape index (κ2) is 5.01. The van der Waals surface area contributed by atoms with Crippen molar-refractivity contribution in [3.05, 3.63) is 34.3 Å². The number of alkyl halides is 1. The molecule has 0 amide bonds. The summed E-state index contributed by atoms with van der Waals surface area (Å²) in [4.78, 5) is 12.2. The molecule has 0 aliphatic heterocycles. The smallest absolute Gasteiger partial charge is 0.408 e. The zero-order valence-corrected chi connectivity index (χ0v) is 13.8. The van der Waals surface area contributed by atoms with Crippen molar-refractivity contribution < 1.29 is 4.42 Å². The fourth-order valence-corrected chi connectivity index (χ4v) is 5.39. The SMILES string of the molecule is CCn1c(=O)oc2cc(C(Br)C3CC4CCC3C4)ccc21. The van der Waals surface area contributed by atoms with Crippen LogP contribution in [0.2, 0.25) is 0 Å². The van der Waals surface area contributed by atoms with Gasteiger partial charge in [-0.15, -0.1) is 0 Å². The number of hydrogen-bond donors (Lipinski definition) is 0. The molecule has 2 saturated carbocycles. The summed E-state index contributed by atoms with van der Waals surface area (Å²) in [5.74, 6) is 2.31. The van der Waals surface area contributed by atoms with Crippen LogP contribution in [0.5, 0.6) is 0 Å². The van der Waals surface area contributed by atoms with Gasteiger partial charge in [-0.25, -0.2) is 4.79 Å². The van der Waals surface area contributed by atoms with Gasteiger partial charge in [0.15, 0.2) is 5.58 Å². The van der Waals surface area contributed by atoms with E-state index in [2.05, 4.69) is 22.0 Å². The summed E-state index contributed by atoms with van der Waals surface area (Å²) >= 11 is 3.92. The van der Waals surface area contributed by atoms with Gasteiger partial charge in [-0.2, -0.15) is 0 Å². The van der Waals surface area contributed by atoms with Gasteiger partial charge in [0.25, 0.3) is 0 Å². The maximum absolute atomic E-state index is 11.8. The number of benzene rings is 1. The van der Waals surface area contributed by atoms with E-state index in [1.807, 2.05) is 19.1 Å². The van der Waals surface area contributed by atoms with Gasteiger partial charge in [-0.05, 0) is 61.6 Å². The first-order valence-electron chi connectivity index (χ1n) is 7.94. The Balaban J connectivity index is 1.69. The summed E-state index contributed by atoms with van der Waals surface area (Å²) in [6.45, 7) is 2.61. The van der Waals surface area contributed by atoms with Crippen molar-refractivity contribution >= 4 is 27.0 Å². The summed E-state index contributed by atoms with van der Waals surface area (Å²) < 4.78 is 7.07. The molecule has 2 fully saturated rings. The monoisotopic (exact) mass is 349 g/mol. The molecule has 1 heterocycles. The van der Waals surface area contributed by atoms with Crippen LogP contribution in [0.1, 0.15) is 43.0 Å². The van der Waals surface area contributed by atoms with Gasteiger partial charge in [-0.3, -0.25) is 4.57 Å². The Morgan fingerprint density at radius 2 is 2.24 bits per heavy atom. The van der Waals surface area contributed by atoms with Gasteiger partial charge in [0.1, 0.15) is 0 Å². The van der Waals surface area contributed by atoms with Crippen LogP contribution in [-0.4, -0.2) is 4.57 Å². The third-order valence-corrected chi connectivity index (χ3v) is 6.70. The van der Waals surface area contributed by atoms with Gasteiger partial charge in [0.05, 0.1) is 5.52 Å². The van der Waals surface area contributed by atoms with Gasteiger partial charge in [0.2, 0.25) is 0 Å². The predicted octanol–water partition coefficient (Wildman–Crippen LogP) is 4.49. The highest BCUT2D eigenvalue weighted by Crippen LogP contribution is 2.54. The molecule has 4 atom stereocenters. The van der Waals surface area contributed by atoms with Crippen LogP contribution in [0.15, 0.2) is 27.4 Å². The van der Waals surface area contributed by atoms with Gasteiger partial charge in [0, 0.05) is 11.4 Å². The molecule has 4 unspecified atom stereocenters. The second-order valence-corrected chi connectivity index (χ2v) is 7.57. The standard InChI is InChI=1S/C17H20BrNO2/c1-2-19-14-6-5-12(9-15(14)21-17(19)20)16(18)13-8-10-3-4-11(13)7-10/h5-6,9-11,13,16H,2-4,7-8H2,1H3. The van der Waals surface area contributed by atoms with E-state index in [4.69, 9.17) is 4.42 Å². The Morgan fingerprint density at radius 3 is 2.90 bits per heavy atom. The molecule has 0 saturated heterocycles. The van der Waals surface area contributed by atoms with Gasteiger partial charge in [-0.1, -0.05) is 28.4 Å². The Labute approximate surface area is 132 Å². The quantitative estimate of drug-likeness (QED) is 0.765. The molecule has 4 rings (SSSR count). The number of oxazole rings is 1. The maximum Gasteiger partial charge on any atom is 0.419 e. The average molecular weight is 350 g/mol. The minimum absolute atomic E-state index is 0.254. The van der Waals surface area contributed by atoms with Crippen LogP contribution < -0.4 is 5.76 Å². The van der Waals surface area contributed by atoms with Gasteiger partial charge < -0.3 is 4.42 Å². The topological polar surface area (TPSA) is 35.1 Å². The van der Waals surface area contributed by atoms with Crippen LogP contribution in [0.3, 0.4) is 0 Å². The van der Waals surface area contributed by atoms with Crippen molar-refractivity contribution in [3.63, 3.8) is 0 Å². The normalized spacial score (nSPS) is 29.3. The molecule has 0 radical (unpaired) electrons. The highest BCUT2D eigenvalue weighted by Gasteiger charge is 2.42. The van der Waals surface area contributed by atoms with E-state index in [1.54, 1.807) is 4.57 Å². The van der Waals surface area contributed by atoms with Crippen molar-refractivity contribution in [2.45, 2.75) is 44.0 Å². The molecule has 0 spiro atoms. The molecule has 1 aromatic heterocycles. The lowest BCUT2D eigenvalue weighted by atomic mass is 9.84. The van der Waals surface area contributed by atoms with Crippen molar-refractivity contribution in [2.75, 3.05) is 0 Å². The number of halogens is 1. The summed E-state index contributed by atoms with van der Waals surface area (Å²) in [5, 5.41) is 0. The van der Waals surface area contributed by atoms with Crippen molar-refractivity contribution in [2.24, 2.45) is 17.8 Å². The first-order chi connectivity index (χ1) is 10.2. The van der Waals surface area contributed by atoms with E-state index in [-0.39, 0.29) is 5.76 Å². The highest BCUT2D eigenvalue weighted by molar-refractivity contribution is 9.09. The molecule has 3 nitrogen and oxygen atoms in total. The molecular formula is C17H20BrNO2. The molecule has 2 aromatic rings. The molecular weight excluding hydrogens is 330 g/mol. The van der Waals surface area contributed by atoms with E-state index < -0.39 is 0 Å². The van der Waals surface area contributed by atoms with Crippen LogP contribution in [0, 0.1) is 17.8 Å². The average Bonchev–Trinajstić information content (AvgIpc) is 3.18. The predicted molar refractivity (Wildman–Crippen MR) is 86.8 cm³/mol. The van der Waals surface area contributed by atoms with Crippen molar-refractivity contribution in [3.8, 4) is 0 Å². The molecule has 2 aliphatic carbocycles. The number of nitrogens with zero attached hydrogens (tertiary/aromatic N) is 1. The Bertz CT molecular complexity index is 732. The van der Waals surface area contributed by atoms with E-state index in [0.29, 0.717) is 17.0 Å². The number of aromatic nitrogens is 1. The third-order valence-electron chi connectivity index (χ3n) is 5.50. The zero-order valence-electron chi connectivity index (χ0n) is 12.2. The Kier molecular flexibility index (Phi) is 3.25. The Morgan fingerprint density at radius 1 is 1.38 bits per heavy atom. The molecule has 21 heavy (non-hydrogen) atoms. The molecule has 2 aliphatic rings. The van der Waals surface area contributed by atoms with Crippen molar-refractivity contribution in [1.29, 1.82) is 0 Å². The molecule has 0 N–H and O–H groups in total. The van der Waals surface area contributed by atoms with Crippen LogP contribution in [0.4, 0.5) is 0 Å². The van der Waals surface area contributed by atoms with Crippen LogP contribution >= 0.6 is 15.9 Å². The van der Waals surface area contributed by atoms with Gasteiger partial charge >= 0.3 is 5.76 Å². The largest absolute Gasteiger partial charge is 0.419 e. The first kappa shape index (κ1) is 13.6. The minimum atomic E-state index is -0.254. The Hall–Kier alpha value is -1.03. The summed E-state index contributed by atoms with van der Waals surface area (Å²) in [5.41, 5.74) is 2.86. The maximum atomic E-state index is 11.8. The number of aryl methyl sites for hydroxylation is 1. The molecule has 4 heteroatoms. The molecule has 2 bridgehead atoms. The zero-order chi connectivity index (χ0) is 14.6. The lowest BCUT2D eigenvalue weighted by molar-refractivity contribution is 0.329. The minimum Gasteiger partial charge on any atom is -0.408 e. The molecule has 112 valence electrons. The summed E-state index contributed by atoms with van der Waals surface area (Å²) in [6.07, 6.45) is 5.57. The summed E-state index contributed by atoms with van der Waals surface area (Å²) in [6, 6.07) is 6.23. The van der Waals surface area contributed by atoms with Crippen LogP contribution in [-0.2, 0) is 6.54 Å². The van der Waals surface area contributed by atoms with E-state index in [9.17, 15) is 4.79 Å². The fraction of sp³-hybridized carbons (Fsp3) is 0.588. The van der Waals surface area contributed by atoms with Crippen LogP contribution in [0.25, 0.3) is 11.1 Å². The van der Waals surface area contributed by atoms with Crippen molar-refractivity contribution in [1.82, 2.24) is 4.57 Å². The number of rotatable bonds is 3. The van der Waals surface area contributed by atoms with E-state index in [0.717, 1.165) is 23.3 Å². The number of fused-ring (bicyclic) bond motifs is 3. The van der Waals surface area contributed by atoms with E-state index in [1.165, 1.54) is 31.2 Å². The van der Waals surface area contributed by atoms with E-state index >= 15 is 0 Å². The molecule has 1 aromatic carbocycles. The lowest BCUT2D eigenvalue weighted by Gasteiger charge is -2.26. The lowest BCUT2D eigenvalue weighted by Crippen LogP contribution is -2.15. The summed E-state index contributed by atoms with van der Waals surface area (Å²) in [7, 11) is 0. The number of hydrogen-bond acceptors (Lipinski definition) is 2. The third kappa shape index (κ3) is 2.10. The second-order valence-electron chi connectivity index (χ2n) is 6.58. The highest BCUT2D eigenvalue weighted by atomic mass is 79.9. The first-order valence-corrected chi connectivity index (χ1v) is 8.86. The fourth-order valence-electron chi connectivity index (χ4n) is 4.45.